The largest absolute Gasteiger partial charge is 0.329 e. The molecule has 0 fully saturated rings. The smallest absolute Gasteiger partial charge is 0.265 e. The monoisotopic (exact) mass is 294 g/mol. The van der Waals surface area contributed by atoms with Crippen LogP contribution in [-0.2, 0) is 23.0 Å². The van der Waals surface area contributed by atoms with Crippen molar-refractivity contribution in [1.82, 2.24) is 9.78 Å². The van der Waals surface area contributed by atoms with Crippen LogP contribution in [0.3, 0.4) is 0 Å². The minimum atomic E-state index is -3.61. The number of hydrogen-bond donors (Lipinski definition) is 2. The summed E-state index contributed by atoms with van der Waals surface area (Å²) >= 11 is 0. The van der Waals surface area contributed by atoms with Gasteiger partial charge < -0.3 is 5.73 Å². The van der Waals surface area contributed by atoms with E-state index in [1.54, 1.807) is 6.07 Å². The fourth-order valence-corrected chi connectivity index (χ4v) is 2.81. The third-order valence-corrected chi connectivity index (χ3v) is 4.20. The molecule has 20 heavy (non-hydrogen) atoms. The van der Waals surface area contributed by atoms with Crippen LogP contribution in [-0.4, -0.2) is 24.7 Å². The lowest BCUT2D eigenvalue weighted by atomic mass is 10.1. The maximum atomic E-state index is 12.2. The molecule has 0 bridgehead atoms. The molecule has 0 aliphatic heterocycles. The number of benzene rings is 1. The molecule has 0 unspecified atom stereocenters. The normalized spacial score (nSPS) is 11.5. The van der Waals surface area contributed by atoms with Gasteiger partial charge in [0.1, 0.15) is 4.90 Å². The van der Waals surface area contributed by atoms with Crippen molar-refractivity contribution in [1.29, 1.82) is 0 Å². The average Bonchev–Trinajstić information content (AvgIpc) is 2.88. The van der Waals surface area contributed by atoms with E-state index in [0.717, 1.165) is 12.0 Å². The van der Waals surface area contributed by atoms with Gasteiger partial charge in [-0.3, -0.25) is 9.40 Å². The number of nitrogens with zero attached hydrogens (tertiary/aromatic N) is 2. The van der Waals surface area contributed by atoms with Crippen LogP contribution in [0.2, 0.25) is 0 Å². The van der Waals surface area contributed by atoms with Gasteiger partial charge in [-0.1, -0.05) is 19.1 Å². The van der Waals surface area contributed by atoms with Gasteiger partial charge in [-0.2, -0.15) is 5.10 Å². The van der Waals surface area contributed by atoms with Crippen LogP contribution in [0.5, 0.6) is 0 Å². The van der Waals surface area contributed by atoms with Crippen LogP contribution in [0.15, 0.2) is 41.6 Å². The molecular formula is C13H18N4O2S. The second kappa shape index (κ2) is 6.06. The average molecular weight is 294 g/mol. The third kappa shape index (κ3) is 3.37. The van der Waals surface area contributed by atoms with Gasteiger partial charge in [-0.05, 0) is 24.1 Å². The first-order valence-corrected chi connectivity index (χ1v) is 7.87. The second-order valence-electron chi connectivity index (χ2n) is 4.39. The predicted molar refractivity (Wildman–Crippen MR) is 77.9 cm³/mol. The van der Waals surface area contributed by atoms with Gasteiger partial charge in [-0.15, -0.1) is 0 Å². The Labute approximate surface area is 118 Å². The molecule has 0 radical (unpaired) electrons. The summed E-state index contributed by atoms with van der Waals surface area (Å²) in [5.74, 6) is 0. The lowest BCUT2D eigenvalue weighted by Crippen LogP contribution is -2.13. The molecule has 7 heteroatoms. The fraction of sp³-hybridized carbons (Fsp3) is 0.308. The van der Waals surface area contributed by atoms with Crippen molar-refractivity contribution in [2.45, 2.75) is 24.8 Å². The Bertz CT molecular complexity index is 679. The summed E-state index contributed by atoms with van der Waals surface area (Å²) in [6.07, 6.45) is 3.64. The van der Waals surface area contributed by atoms with Gasteiger partial charge in [0.05, 0.1) is 12.7 Å². The molecular weight excluding hydrogens is 276 g/mol. The highest BCUT2D eigenvalue weighted by molar-refractivity contribution is 7.92. The Morgan fingerprint density at radius 2 is 2.20 bits per heavy atom. The molecule has 0 amide bonds. The summed E-state index contributed by atoms with van der Waals surface area (Å²) in [5, 5.41) is 3.97. The van der Waals surface area contributed by atoms with E-state index in [9.17, 15) is 8.42 Å². The summed E-state index contributed by atoms with van der Waals surface area (Å²) < 4.78 is 28.5. The molecule has 6 nitrogen and oxygen atoms in total. The van der Waals surface area contributed by atoms with Crippen molar-refractivity contribution in [2.75, 3.05) is 11.3 Å². The van der Waals surface area contributed by atoms with Crippen LogP contribution in [0, 0.1) is 0 Å². The van der Waals surface area contributed by atoms with Crippen LogP contribution < -0.4 is 10.5 Å². The van der Waals surface area contributed by atoms with E-state index in [1.807, 2.05) is 25.1 Å². The summed E-state index contributed by atoms with van der Waals surface area (Å²) in [5.41, 5.74) is 7.03. The Hall–Kier alpha value is -1.86. The van der Waals surface area contributed by atoms with Crippen molar-refractivity contribution in [3.8, 4) is 0 Å². The van der Waals surface area contributed by atoms with Crippen molar-refractivity contribution in [2.24, 2.45) is 5.73 Å². The van der Waals surface area contributed by atoms with E-state index in [0.29, 0.717) is 18.8 Å². The Balaban J connectivity index is 2.21. The van der Waals surface area contributed by atoms with E-state index in [4.69, 9.17) is 5.73 Å². The number of aryl methyl sites for hydroxylation is 1. The molecule has 3 N–H and O–H groups in total. The van der Waals surface area contributed by atoms with Crippen molar-refractivity contribution < 1.29 is 8.42 Å². The van der Waals surface area contributed by atoms with Gasteiger partial charge in [0.2, 0.25) is 0 Å². The molecule has 0 aliphatic rings. The third-order valence-electron chi connectivity index (χ3n) is 2.87. The zero-order valence-electron chi connectivity index (χ0n) is 11.3. The Kier molecular flexibility index (Phi) is 4.41. The molecule has 0 spiro atoms. The molecule has 2 aromatic rings. The lowest BCUT2D eigenvalue weighted by molar-refractivity contribution is 0.599. The summed E-state index contributed by atoms with van der Waals surface area (Å²) in [6, 6.07) is 7.33. The highest BCUT2D eigenvalue weighted by Gasteiger charge is 2.16. The van der Waals surface area contributed by atoms with Gasteiger partial charge in [0, 0.05) is 18.4 Å². The van der Waals surface area contributed by atoms with Gasteiger partial charge in [0.25, 0.3) is 10.0 Å². The Morgan fingerprint density at radius 1 is 1.40 bits per heavy atom. The van der Waals surface area contributed by atoms with Crippen molar-refractivity contribution in [3.63, 3.8) is 0 Å². The number of nitrogens with two attached hydrogens (primary N) is 1. The first kappa shape index (κ1) is 14.5. The maximum absolute atomic E-state index is 12.2. The van der Waals surface area contributed by atoms with Crippen LogP contribution in [0.25, 0.3) is 0 Å². The van der Waals surface area contributed by atoms with E-state index in [-0.39, 0.29) is 4.90 Å². The quantitative estimate of drug-likeness (QED) is 0.837. The number of sulfonamides is 1. The number of aromatic nitrogens is 2. The molecule has 0 aliphatic carbocycles. The fourth-order valence-electron chi connectivity index (χ4n) is 1.81. The number of anilines is 1. The van der Waals surface area contributed by atoms with Gasteiger partial charge >= 0.3 is 0 Å². The standard InChI is InChI=1S/C13H18N4O2S/c1-2-11-4-3-5-12(8-11)16-20(18,19)13-9-15-17(10-13)7-6-14/h3-5,8-10,16H,2,6-7,14H2,1H3. The topological polar surface area (TPSA) is 90.0 Å². The summed E-state index contributed by atoms with van der Waals surface area (Å²) in [7, 11) is -3.61. The highest BCUT2D eigenvalue weighted by Crippen LogP contribution is 2.17. The molecule has 1 heterocycles. The number of nitrogens with one attached hydrogen (secondary N) is 1. The zero-order chi connectivity index (χ0) is 14.6. The minimum Gasteiger partial charge on any atom is -0.329 e. The first-order valence-electron chi connectivity index (χ1n) is 6.39. The molecule has 0 saturated carbocycles. The van der Waals surface area contributed by atoms with E-state index < -0.39 is 10.0 Å². The van der Waals surface area contributed by atoms with Crippen LogP contribution in [0.1, 0.15) is 12.5 Å². The van der Waals surface area contributed by atoms with E-state index in [1.165, 1.54) is 17.1 Å². The highest BCUT2D eigenvalue weighted by atomic mass is 32.2. The Morgan fingerprint density at radius 3 is 2.90 bits per heavy atom. The minimum absolute atomic E-state index is 0.132. The van der Waals surface area contributed by atoms with Crippen LogP contribution in [0.4, 0.5) is 5.69 Å². The molecule has 2 rings (SSSR count). The van der Waals surface area contributed by atoms with E-state index in [2.05, 4.69) is 9.82 Å². The zero-order valence-corrected chi connectivity index (χ0v) is 12.1. The summed E-state index contributed by atoms with van der Waals surface area (Å²) in [6.45, 7) is 2.92. The maximum Gasteiger partial charge on any atom is 0.265 e. The molecule has 108 valence electrons. The SMILES string of the molecule is CCc1cccc(NS(=O)(=O)c2cnn(CCN)c2)c1. The lowest BCUT2D eigenvalue weighted by Gasteiger charge is -2.07. The van der Waals surface area contributed by atoms with Crippen molar-refractivity contribution >= 4 is 15.7 Å². The van der Waals surface area contributed by atoms with Crippen LogP contribution >= 0.6 is 0 Å². The molecule has 0 saturated heterocycles. The predicted octanol–water partition coefficient (Wildman–Crippen LogP) is 1.20. The van der Waals surface area contributed by atoms with Gasteiger partial charge in [-0.25, -0.2) is 8.42 Å². The summed E-state index contributed by atoms with van der Waals surface area (Å²) in [4.78, 5) is 0.132. The first-order chi connectivity index (χ1) is 9.55. The van der Waals surface area contributed by atoms with Crippen molar-refractivity contribution in [3.05, 3.63) is 42.2 Å². The van der Waals surface area contributed by atoms with E-state index >= 15 is 0 Å². The molecule has 1 aromatic carbocycles. The molecule has 1 aromatic heterocycles. The number of rotatable bonds is 6. The molecule has 0 atom stereocenters. The number of hydrogen-bond acceptors (Lipinski definition) is 4. The van der Waals surface area contributed by atoms with Gasteiger partial charge in [0.15, 0.2) is 0 Å². The second-order valence-corrected chi connectivity index (χ2v) is 6.07.